The van der Waals surface area contributed by atoms with Crippen LogP contribution < -0.4 is 5.32 Å². The van der Waals surface area contributed by atoms with E-state index in [-0.39, 0.29) is 12.6 Å². The summed E-state index contributed by atoms with van der Waals surface area (Å²) in [5.41, 5.74) is 1.91. The number of terminal acetylenes is 1. The maximum atomic E-state index is 8.73. The minimum atomic E-state index is 0.205. The molecule has 0 bridgehead atoms. The summed E-state index contributed by atoms with van der Waals surface area (Å²) in [7, 11) is 0. The zero-order valence-electron chi connectivity index (χ0n) is 8.33. The number of aliphatic hydroxyl groups excluding tert-OH is 1. The summed E-state index contributed by atoms with van der Waals surface area (Å²) >= 11 is 0. The van der Waals surface area contributed by atoms with E-state index >= 15 is 0 Å². The molecule has 1 unspecified atom stereocenters. The summed E-state index contributed by atoms with van der Waals surface area (Å²) in [6.07, 6.45) is 5.99. The second kappa shape index (κ2) is 5.31. The zero-order chi connectivity index (χ0) is 10.4. The fourth-order valence-corrected chi connectivity index (χ4v) is 1.21. The van der Waals surface area contributed by atoms with Crippen molar-refractivity contribution in [3.05, 3.63) is 29.8 Å². The van der Waals surface area contributed by atoms with Crippen molar-refractivity contribution in [2.75, 3.05) is 11.9 Å². The fraction of sp³-hybridized carbons (Fsp3) is 0.333. The summed E-state index contributed by atoms with van der Waals surface area (Å²) in [5.74, 6) is 2.56. The third kappa shape index (κ3) is 3.12. The van der Waals surface area contributed by atoms with E-state index in [1.165, 1.54) is 0 Å². The van der Waals surface area contributed by atoms with E-state index in [9.17, 15) is 0 Å². The predicted octanol–water partition coefficient (Wildman–Crippen LogP) is 1.85. The van der Waals surface area contributed by atoms with Crippen molar-refractivity contribution in [2.24, 2.45) is 0 Å². The largest absolute Gasteiger partial charge is 0.396 e. The van der Waals surface area contributed by atoms with Gasteiger partial charge in [-0.3, -0.25) is 0 Å². The van der Waals surface area contributed by atoms with Crippen molar-refractivity contribution in [1.29, 1.82) is 0 Å². The maximum Gasteiger partial charge on any atom is 0.0450 e. The molecule has 0 saturated carbocycles. The summed E-state index contributed by atoms with van der Waals surface area (Å²) in [4.78, 5) is 0. The second-order valence-corrected chi connectivity index (χ2v) is 3.28. The molecule has 0 aromatic heterocycles. The van der Waals surface area contributed by atoms with Gasteiger partial charge in [-0.25, -0.2) is 0 Å². The Morgan fingerprint density at radius 3 is 2.57 bits per heavy atom. The van der Waals surface area contributed by atoms with E-state index in [1.807, 2.05) is 31.2 Å². The highest BCUT2D eigenvalue weighted by molar-refractivity contribution is 5.48. The van der Waals surface area contributed by atoms with Crippen LogP contribution in [0.1, 0.15) is 18.9 Å². The van der Waals surface area contributed by atoms with Gasteiger partial charge in [-0.2, -0.15) is 0 Å². The molecule has 74 valence electrons. The topological polar surface area (TPSA) is 32.3 Å². The van der Waals surface area contributed by atoms with Crippen LogP contribution in [0.25, 0.3) is 0 Å². The lowest BCUT2D eigenvalue weighted by molar-refractivity contribution is 0.282. The van der Waals surface area contributed by atoms with Crippen molar-refractivity contribution in [3.8, 4) is 12.3 Å². The number of anilines is 1. The molecule has 2 heteroatoms. The number of aliphatic hydroxyl groups is 1. The highest BCUT2D eigenvalue weighted by Gasteiger charge is 1.99. The van der Waals surface area contributed by atoms with E-state index in [0.717, 1.165) is 17.7 Å². The molecule has 1 aromatic rings. The number of hydrogen-bond donors (Lipinski definition) is 2. The molecule has 0 spiro atoms. The van der Waals surface area contributed by atoms with Gasteiger partial charge in [0.2, 0.25) is 0 Å². The van der Waals surface area contributed by atoms with Gasteiger partial charge < -0.3 is 10.4 Å². The van der Waals surface area contributed by atoms with Crippen LogP contribution in [0.15, 0.2) is 24.3 Å². The highest BCUT2D eigenvalue weighted by Crippen LogP contribution is 2.10. The number of hydrogen-bond acceptors (Lipinski definition) is 2. The Kier molecular flexibility index (Phi) is 4.03. The standard InChI is InChI=1S/C12H15NO/c1-3-11-4-6-12(7-5-11)13-10(2)8-9-14/h1,4-7,10,13-14H,8-9H2,2H3. The van der Waals surface area contributed by atoms with Crippen LogP contribution in [0.3, 0.4) is 0 Å². The summed E-state index contributed by atoms with van der Waals surface area (Å²) in [6, 6.07) is 7.96. The monoisotopic (exact) mass is 189 g/mol. The van der Waals surface area contributed by atoms with Gasteiger partial charge >= 0.3 is 0 Å². The molecular weight excluding hydrogens is 174 g/mol. The lowest BCUT2D eigenvalue weighted by Crippen LogP contribution is -2.16. The van der Waals surface area contributed by atoms with Crippen molar-refractivity contribution in [3.63, 3.8) is 0 Å². The normalized spacial score (nSPS) is 11.8. The first-order chi connectivity index (χ1) is 6.76. The molecule has 1 atom stereocenters. The van der Waals surface area contributed by atoms with Gasteiger partial charge in [0.15, 0.2) is 0 Å². The first kappa shape index (κ1) is 10.6. The zero-order valence-corrected chi connectivity index (χ0v) is 8.33. The Morgan fingerprint density at radius 1 is 1.43 bits per heavy atom. The molecule has 0 amide bonds. The van der Waals surface area contributed by atoms with Crippen LogP contribution >= 0.6 is 0 Å². The molecule has 1 aromatic carbocycles. The first-order valence-electron chi connectivity index (χ1n) is 4.70. The lowest BCUT2D eigenvalue weighted by atomic mass is 10.2. The molecule has 0 saturated heterocycles. The molecule has 0 aliphatic rings. The molecule has 14 heavy (non-hydrogen) atoms. The van der Waals surface area contributed by atoms with Crippen LogP contribution in [0.5, 0.6) is 0 Å². The van der Waals surface area contributed by atoms with E-state index in [4.69, 9.17) is 11.5 Å². The van der Waals surface area contributed by atoms with Gasteiger partial charge in [0.05, 0.1) is 0 Å². The smallest absolute Gasteiger partial charge is 0.0450 e. The van der Waals surface area contributed by atoms with Gasteiger partial charge in [-0.05, 0) is 37.6 Å². The quantitative estimate of drug-likeness (QED) is 0.708. The van der Waals surface area contributed by atoms with Crippen molar-refractivity contribution < 1.29 is 5.11 Å². The molecule has 2 N–H and O–H groups in total. The van der Waals surface area contributed by atoms with E-state index < -0.39 is 0 Å². The lowest BCUT2D eigenvalue weighted by Gasteiger charge is -2.13. The summed E-state index contributed by atoms with van der Waals surface area (Å²) in [6.45, 7) is 2.24. The minimum absolute atomic E-state index is 0.205. The molecular formula is C12H15NO. The Balaban J connectivity index is 2.56. The van der Waals surface area contributed by atoms with Gasteiger partial charge in [0.25, 0.3) is 0 Å². The van der Waals surface area contributed by atoms with Gasteiger partial charge in [-0.1, -0.05) is 5.92 Å². The average molecular weight is 189 g/mol. The van der Waals surface area contributed by atoms with Crippen molar-refractivity contribution in [2.45, 2.75) is 19.4 Å². The molecule has 0 aliphatic heterocycles. The number of rotatable bonds is 4. The van der Waals surface area contributed by atoms with E-state index in [0.29, 0.717) is 0 Å². The highest BCUT2D eigenvalue weighted by atomic mass is 16.3. The number of benzene rings is 1. The summed E-state index contributed by atoms with van der Waals surface area (Å²) in [5, 5.41) is 12.0. The minimum Gasteiger partial charge on any atom is -0.396 e. The first-order valence-corrected chi connectivity index (χ1v) is 4.70. The molecule has 0 radical (unpaired) electrons. The van der Waals surface area contributed by atoms with Crippen LogP contribution in [-0.4, -0.2) is 17.8 Å². The van der Waals surface area contributed by atoms with Crippen LogP contribution in [-0.2, 0) is 0 Å². The Bertz CT molecular complexity index is 310. The third-order valence-corrected chi connectivity index (χ3v) is 2.03. The van der Waals surface area contributed by atoms with Crippen LogP contribution in [0, 0.1) is 12.3 Å². The van der Waals surface area contributed by atoms with Gasteiger partial charge in [-0.15, -0.1) is 6.42 Å². The predicted molar refractivity (Wildman–Crippen MR) is 59.2 cm³/mol. The second-order valence-electron chi connectivity index (χ2n) is 3.28. The SMILES string of the molecule is C#Cc1ccc(NC(C)CCO)cc1. The number of nitrogens with one attached hydrogen (secondary N) is 1. The molecule has 0 aliphatic carbocycles. The van der Waals surface area contributed by atoms with E-state index in [2.05, 4.69) is 11.2 Å². The van der Waals surface area contributed by atoms with Crippen LogP contribution in [0.4, 0.5) is 5.69 Å². The Labute approximate surface area is 85.0 Å². The van der Waals surface area contributed by atoms with Crippen molar-refractivity contribution in [1.82, 2.24) is 0 Å². The molecule has 1 rings (SSSR count). The molecule has 0 fully saturated rings. The van der Waals surface area contributed by atoms with Crippen molar-refractivity contribution >= 4 is 5.69 Å². The van der Waals surface area contributed by atoms with Gasteiger partial charge in [0, 0.05) is 23.9 Å². The van der Waals surface area contributed by atoms with E-state index in [1.54, 1.807) is 0 Å². The summed E-state index contributed by atoms with van der Waals surface area (Å²) < 4.78 is 0. The molecule has 0 heterocycles. The maximum absolute atomic E-state index is 8.73. The van der Waals surface area contributed by atoms with Crippen LogP contribution in [0.2, 0.25) is 0 Å². The average Bonchev–Trinajstić information content (AvgIpc) is 2.19. The molecule has 2 nitrogen and oxygen atoms in total. The fourth-order valence-electron chi connectivity index (χ4n) is 1.21. The Morgan fingerprint density at radius 2 is 2.07 bits per heavy atom. The Hall–Kier alpha value is -1.46. The third-order valence-electron chi connectivity index (χ3n) is 2.03. The van der Waals surface area contributed by atoms with Gasteiger partial charge in [0.1, 0.15) is 0 Å².